The van der Waals surface area contributed by atoms with Crippen molar-refractivity contribution in [3.05, 3.63) is 64.7 Å². The van der Waals surface area contributed by atoms with Crippen LogP contribution in [0.3, 0.4) is 0 Å². The zero-order valence-corrected chi connectivity index (χ0v) is 18.2. The van der Waals surface area contributed by atoms with Gasteiger partial charge >= 0.3 is 7.95 Å². The molecule has 2 N–H and O–H groups in total. The number of nitrogens with zero attached hydrogens (tertiary/aromatic N) is 2. The minimum atomic E-state index is -1.24. The standard InChI is InChI=1S/C21H28N3OP2/c1-15(14-27(25)24-9-10-24)17-7-8-20(22)19(13-17)12-16-5-4-6-18(11-16)21(26)23(2)3/h4-8,11,13,15,26H,9-10,12,14,22H2,1-3H3/q+1. The average Bonchev–Trinajstić information content (AvgIpc) is 3.48. The first-order valence-corrected chi connectivity index (χ1v) is 11.2. The first-order chi connectivity index (χ1) is 12.8. The van der Waals surface area contributed by atoms with Gasteiger partial charge in [0.2, 0.25) is 0 Å². The predicted molar refractivity (Wildman–Crippen MR) is 119 cm³/mol. The molecule has 0 bridgehead atoms. The quantitative estimate of drug-likeness (QED) is 0.410. The number of hydrogen-bond acceptors (Lipinski definition) is 2. The topological polar surface area (TPSA) is 49.3 Å². The SMILES string of the molecule is CC(C[P+](=O)N1CC1)c1ccc(N)c(Cc2cccc(C(=P)N(C)C)c2)c1. The van der Waals surface area contributed by atoms with E-state index < -0.39 is 7.95 Å². The number of nitrogen functional groups attached to an aromatic ring is 1. The first-order valence-electron chi connectivity index (χ1n) is 9.28. The van der Waals surface area contributed by atoms with Crippen LogP contribution >= 0.6 is 16.8 Å². The lowest BCUT2D eigenvalue weighted by Crippen LogP contribution is -2.20. The monoisotopic (exact) mass is 400 g/mol. The molecule has 3 rings (SSSR count). The van der Waals surface area contributed by atoms with E-state index in [9.17, 15) is 4.57 Å². The number of benzene rings is 2. The molecule has 2 aromatic rings. The normalized spacial score (nSPS) is 15.6. The van der Waals surface area contributed by atoms with Crippen molar-refractivity contribution in [2.45, 2.75) is 19.3 Å². The summed E-state index contributed by atoms with van der Waals surface area (Å²) in [5, 5.41) is 0. The zero-order valence-electron chi connectivity index (χ0n) is 16.3. The Hall–Kier alpha value is -1.57. The van der Waals surface area contributed by atoms with E-state index in [1.54, 1.807) is 0 Å². The lowest BCUT2D eigenvalue weighted by atomic mass is 9.95. The zero-order chi connectivity index (χ0) is 19.6. The second-order valence-corrected chi connectivity index (χ2v) is 9.58. The second kappa shape index (κ2) is 8.63. The van der Waals surface area contributed by atoms with Gasteiger partial charge in [-0.15, -0.1) is 8.86 Å². The van der Waals surface area contributed by atoms with Gasteiger partial charge in [-0.1, -0.05) is 46.5 Å². The summed E-state index contributed by atoms with van der Waals surface area (Å²) in [6, 6.07) is 14.7. The van der Waals surface area contributed by atoms with Gasteiger partial charge in [0.25, 0.3) is 0 Å². The van der Waals surface area contributed by atoms with Crippen LogP contribution in [0.4, 0.5) is 5.69 Å². The summed E-state index contributed by atoms with van der Waals surface area (Å²) in [4.78, 5) is 2.05. The minimum absolute atomic E-state index is 0.260. The molecule has 1 saturated heterocycles. The molecule has 4 nitrogen and oxygen atoms in total. The van der Waals surface area contributed by atoms with E-state index in [0.29, 0.717) is 6.16 Å². The van der Waals surface area contributed by atoms with Crippen molar-refractivity contribution in [3.63, 3.8) is 0 Å². The molecule has 2 unspecified atom stereocenters. The molecule has 1 aliphatic rings. The van der Waals surface area contributed by atoms with Gasteiger partial charge in [-0.05, 0) is 54.9 Å². The Morgan fingerprint density at radius 1 is 1.26 bits per heavy atom. The van der Waals surface area contributed by atoms with Crippen LogP contribution in [0.1, 0.15) is 35.1 Å². The summed E-state index contributed by atoms with van der Waals surface area (Å²) in [7, 11) is 6.49. The van der Waals surface area contributed by atoms with Crippen molar-refractivity contribution < 1.29 is 4.57 Å². The van der Waals surface area contributed by atoms with Gasteiger partial charge in [-0.2, -0.15) is 0 Å². The van der Waals surface area contributed by atoms with Gasteiger partial charge in [0.1, 0.15) is 0 Å². The van der Waals surface area contributed by atoms with Crippen molar-refractivity contribution >= 4 is 27.9 Å². The molecule has 0 saturated carbocycles. The molecule has 0 radical (unpaired) electrons. The maximum atomic E-state index is 12.2. The maximum absolute atomic E-state index is 12.2. The molecule has 142 valence electrons. The highest BCUT2D eigenvalue weighted by atomic mass is 31.1. The predicted octanol–water partition coefficient (Wildman–Crippen LogP) is 4.20. The Morgan fingerprint density at radius 2 is 2.00 bits per heavy atom. The van der Waals surface area contributed by atoms with Gasteiger partial charge in [-0.25, -0.2) is 0 Å². The summed E-state index contributed by atoms with van der Waals surface area (Å²) < 4.78 is 14.3. The van der Waals surface area contributed by atoms with Gasteiger partial charge in [0.05, 0.1) is 13.1 Å². The molecule has 0 aromatic heterocycles. The molecular weight excluding hydrogens is 372 g/mol. The summed E-state index contributed by atoms with van der Waals surface area (Å²) in [5.41, 5.74) is 12.8. The van der Waals surface area contributed by atoms with Crippen LogP contribution in [-0.4, -0.2) is 48.3 Å². The van der Waals surface area contributed by atoms with Crippen LogP contribution in [-0.2, 0) is 11.0 Å². The van der Waals surface area contributed by atoms with Gasteiger partial charge in [0.15, 0.2) is 6.16 Å². The summed E-state index contributed by atoms with van der Waals surface area (Å²) >= 11 is 0. The lowest BCUT2D eigenvalue weighted by Gasteiger charge is -2.15. The van der Waals surface area contributed by atoms with E-state index >= 15 is 0 Å². The Kier molecular flexibility index (Phi) is 6.44. The highest BCUT2D eigenvalue weighted by molar-refractivity contribution is 7.42. The maximum Gasteiger partial charge on any atom is 0.435 e. The molecule has 0 spiro atoms. The van der Waals surface area contributed by atoms with Crippen LogP contribution in [0, 0.1) is 0 Å². The molecule has 2 aromatic carbocycles. The fourth-order valence-electron chi connectivity index (χ4n) is 3.11. The largest absolute Gasteiger partial charge is 0.435 e. The molecule has 1 heterocycles. The summed E-state index contributed by atoms with van der Waals surface area (Å²) in [6.07, 6.45) is 1.49. The molecule has 1 fully saturated rings. The van der Waals surface area contributed by atoms with Crippen LogP contribution < -0.4 is 5.73 Å². The van der Waals surface area contributed by atoms with E-state index in [1.165, 1.54) is 11.1 Å². The second-order valence-electron chi connectivity index (χ2n) is 7.47. The smallest absolute Gasteiger partial charge is 0.398 e. The molecule has 0 aliphatic carbocycles. The third-order valence-electron chi connectivity index (χ3n) is 4.95. The number of rotatable bonds is 8. The Labute approximate surface area is 165 Å². The molecule has 27 heavy (non-hydrogen) atoms. The molecule has 0 amide bonds. The van der Waals surface area contributed by atoms with Crippen LogP contribution in [0.5, 0.6) is 0 Å². The first kappa shape index (κ1) is 20.2. The van der Waals surface area contributed by atoms with Gasteiger partial charge in [-0.3, -0.25) is 4.90 Å². The Balaban J connectivity index is 1.77. The van der Waals surface area contributed by atoms with Crippen molar-refractivity contribution in [3.8, 4) is 0 Å². The fraction of sp³-hybridized carbons (Fsp3) is 0.381. The highest BCUT2D eigenvalue weighted by Crippen LogP contribution is 2.38. The lowest BCUT2D eigenvalue weighted by molar-refractivity contribution is 0.563. The number of hydrogen-bond donors (Lipinski definition) is 1. The number of nitrogens with two attached hydrogens (primary N) is 1. The van der Waals surface area contributed by atoms with Crippen molar-refractivity contribution in [1.29, 1.82) is 0 Å². The summed E-state index contributed by atoms with van der Waals surface area (Å²) in [5.74, 6) is 0.260. The van der Waals surface area contributed by atoms with Crippen molar-refractivity contribution in [2.24, 2.45) is 0 Å². The van der Waals surface area contributed by atoms with Crippen LogP contribution in [0.2, 0.25) is 0 Å². The molecule has 2 atom stereocenters. The fourth-order valence-corrected chi connectivity index (χ4v) is 4.72. The van der Waals surface area contributed by atoms with E-state index in [4.69, 9.17) is 5.73 Å². The van der Waals surface area contributed by atoms with E-state index in [1.807, 2.05) is 29.7 Å². The van der Waals surface area contributed by atoms with E-state index in [-0.39, 0.29) is 5.92 Å². The molecule has 1 aliphatic heterocycles. The van der Waals surface area contributed by atoms with E-state index in [0.717, 1.165) is 41.7 Å². The molecular formula is C21H28N3OP2+. The highest BCUT2D eigenvalue weighted by Gasteiger charge is 2.38. The Morgan fingerprint density at radius 3 is 2.67 bits per heavy atom. The van der Waals surface area contributed by atoms with Crippen molar-refractivity contribution in [1.82, 2.24) is 9.57 Å². The van der Waals surface area contributed by atoms with Crippen molar-refractivity contribution in [2.75, 3.05) is 39.1 Å². The number of anilines is 1. The van der Waals surface area contributed by atoms with E-state index in [2.05, 4.69) is 52.2 Å². The summed E-state index contributed by atoms with van der Waals surface area (Å²) in [6.45, 7) is 4.10. The van der Waals surface area contributed by atoms with Crippen LogP contribution in [0.15, 0.2) is 42.5 Å². The van der Waals surface area contributed by atoms with Crippen LogP contribution in [0.25, 0.3) is 0 Å². The third kappa shape index (κ3) is 5.24. The average molecular weight is 400 g/mol. The Bertz CT molecular complexity index is 862. The molecule has 6 heteroatoms. The third-order valence-corrected chi connectivity index (χ3v) is 7.57. The van der Waals surface area contributed by atoms with Gasteiger partial charge < -0.3 is 5.73 Å². The minimum Gasteiger partial charge on any atom is -0.398 e. The van der Waals surface area contributed by atoms with Gasteiger partial charge in [0, 0.05) is 17.0 Å².